The molecule has 2 fully saturated rings. The SMILES string of the molecule is CC(C(=O)Nc1ccc(Cl)c(Cl)c1)N1C(=O)C2CCCCC2C1=O. The maximum absolute atomic E-state index is 12.5. The monoisotopic (exact) mass is 368 g/mol. The molecule has 0 aromatic heterocycles. The number of carbonyl (C=O) groups excluding carboxylic acids is 3. The average molecular weight is 369 g/mol. The molecule has 128 valence electrons. The molecule has 2 aliphatic rings. The second kappa shape index (κ2) is 6.73. The van der Waals surface area contributed by atoms with E-state index in [4.69, 9.17) is 23.2 Å². The Labute approximate surface area is 150 Å². The van der Waals surface area contributed by atoms with Gasteiger partial charge < -0.3 is 5.32 Å². The third kappa shape index (κ3) is 3.03. The number of hydrogen-bond donors (Lipinski definition) is 1. The van der Waals surface area contributed by atoms with Gasteiger partial charge in [0.25, 0.3) is 0 Å². The number of amides is 3. The van der Waals surface area contributed by atoms with Gasteiger partial charge in [-0.1, -0.05) is 36.0 Å². The van der Waals surface area contributed by atoms with Crippen LogP contribution in [0.5, 0.6) is 0 Å². The molecule has 1 aromatic rings. The number of nitrogens with one attached hydrogen (secondary N) is 1. The van der Waals surface area contributed by atoms with E-state index in [0.717, 1.165) is 30.6 Å². The van der Waals surface area contributed by atoms with Crippen molar-refractivity contribution in [1.82, 2.24) is 4.90 Å². The second-order valence-electron chi connectivity index (χ2n) is 6.34. The highest BCUT2D eigenvalue weighted by atomic mass is 35.5. The number of halogens is 2. The summed E-state index contributed by atoms with van der Waals surface area (Å²) in [6.07, 6.45) is 3.37. The highest BCUT2D eigenvalue weighted by molar-refractivity contribution is 6.42. The number of anilines is 1. The standard InChI is InChI=1S/C17H18Cl2N2O3/c1-9(15(22)20-10-6-7-13(18)14(19)8-10)21-16(23)11-4-2-3-5-12(11)17(21)24/h6-9,11-12H,2-5H2,1H3,(H,20,22). The predicted molar refractivity (Wildman–Crippen MR) is 91.9 cm³/mol. The van der Waals surface area contributed by atoms with Gasteiger partial charge in [0.2, 0.25) is 17.7 Å². The molecule has 3 rings (SSSR count). The molecule has 1 aromatic carbocycles. The molecule has 5 nitrogen and oxygen atoms in total. The Kier molecular flexibility index (Phi) is 4.83. The molecule has 0 spiro atoms. The van der Waals surface area contributed by atoms with Crippen molar-refractivity contribution in [2.24, 2.45) is 11.8 Å². The minimum atomic E-state index is -0.856. The zero-order valence-electron chi connectivity index (χ0n) is 13.2. The van der Waals surface area contributed by atoms with Crippen LogP contribution in [-0.2, 0) is 14.4 Å². The first-order valence-corrected chi connectivity index (χ1v) is 8.78. The lowest BCUT2D eigenvalue weighted by atomic mass is 9.81. The number of imide groups is 1. The van der Waals surface area contributed by atoms with E-state index in [1.165, 1.54) is 6.07 Å². The number of likely N-dealkylation sites (tertiary alicyclic amines) is 1. The summed E-state index contributed by atoms with van der Waals surface area (Å²) in [5, 5.41) is 3.39. The van der Waals surface area contributed by atoms with Crippen molar-refractivity contribution < 1.29 is 14.4 Å². The Morgan fingerprint density at radius 2 is 1.71 bits per heavy atom. The Bertz CT molecular complexity index is 683. The van der Waals surface area contributed by atoms with E-state index in [1.54, 1.807) is 19.1 Å². The molecule has 0 bridgehead atoms. The number of benzene rings is 1. The fourth-order valence-electron chi connectivity index (χ4n) is 3.51. The van der Waals surface area contributed by atoms with E-state index in [9.17, 15) is 14.4 Å². The lowest BCUT2D eigenvalue weighted by Gasteiger charge is -2.22. The zero-order valence-corrected chi connectivity index (χ0v) is 14.7. The van der Waals surface area contributed by atoms with Crippen LogP contribution in [0.25, 0.3) is 0 Å². The molecule has 1 aliphatic heterocycles. The zero-order chi connectivity index (χ0) is 17.4. The molecule has 3 amide bonds. The van der Waals surface area contributed by atoms with E-state index in [-0.39, 0.29) is 23.7 Å². The van der Waals surface area contributed by atoms with Gasteiger partial charge in [0, 0.05) is 5.69 Å². The van der Waals surface area contributed by atoms with Crippen molar-refractivity contribution in [2.75, 3.05) is 5.32 Å². The number of nitrogens with zero attached hydrogens (tertiary/aromatic N) is 1. The summed E-state index contributed by atoms with van der Waals surface area (Å²) in [6.45, 7) is 1.57. The van der Waals surface area contributed by atoms with Gasteiger partial charge in [-0.2, -0.15) is 0 Å². The summed E-state index contributed by atoms with van der Waals surface area (Å²) in [5.74, 6) is -1.38. The first kappa shape index (κ1) is 17.2. The van der Waals surface area contributed by atoms with Gasteiger partial charge in [0.05, 0.1) is 21.9 Å². The van der Waals surface area contributed by atoms with Gasteiger partial charge in [-0.15, -0.1) is 0 Å². The van der Waals surface area contributed by atoms with Crippen LogP contribution in [-0.4, -0.2) is 28.7 Å². The normalized spacial score (nSPS) is 24.7. The Morgan fingerprint density at radius 1 is 1.12 bits per heavy atom. The van der Waals surface area contributed by atoms with Crippen LogP contribution in [0.4, 0.5) is 5.69 Å². The van der Waals surface area contributed by atoms with Gasteiger partial charge in [-0.05, 0) is 38.0 Å². The van der Waals surface area contributed by atoms with Gasteiger partial charge in [0.15, 0.2) is 0 Å². The van der Waals surface area contributed by atoms with Crippen LogP contribution in [0.1, 0.15) is 32.6 Å². The van der Waals surface area contributed by atoms with Crippen molar-refractivity contribution in [3.05, 3.63) is 28.2 Å². The lowest BCUT2D eigenvalue weighted by molar-refractivity contribution is -0.146. The highest BCUT2D eigenvalue weighted by Crippen LogP contribution is 2.39. The quantitative estimate of drug-likeness (QED) is 0.830. The van der Waals surface area contributed by atoms with Crippen molar-refractivity contribution in [2.45, 2.75) is 38.6 Å². The summed E-state index contributed by atoms with van der Waals surface area (Å²) < 4.78 is 0. The molecule has 24 heavy (non-hydrogen) atoms. The van der Waals surface area contributed by atoms with E-state index in [0.29, 0.717) is 15.7 Å². The molecule has 1 N–H and O–H groups in total. The summed E-state index contributed by atoms with van der Waals surface area (Å²) in [6, 6.07) is 3.86. The second-order valence-corrected chi connectivity index (χ2v) is 7.15. The molecule has 1 saturated carbocycles. The van der Waals surface area contributed by atoms with E-state index in [2.05, 4.69) is 5.32 Å². The fourth-order valence-corrected chi connectivity index (χ4v) is 3.81. The molecule has 1 heterocycles. The molecule has 0 radical (unpaired) electrons. The summed E-state index contributed by atoms with van der Waals surface area (Å²) >= 11 is 11.8. The maximum Gasteiger partial charge on any atom is 0.247 e. The molecule has 3 unspecified atom stereocenters. The third-order valence-corrected chi connectivity index (χ3v) is 5.57. The molecule has 1 saturated heterocycles. The Hall–Kier alpha value is -1.59. The summed E-state index contributed by atoms with van der Waals surface area (Å²) in [4.78, 5) is 38.7. The van der Waals surface area contributed by atoms with Crippen molar-refractivity contribution in [3.8, 4) is 0 Å². The van der Waals surface area contributed by atoms with Gasteiger partial charge in [-0.25, -0.2) is 0 Å². The highest BCUT2D eigenvalue weighted by Gasteiger charge is 2.50. The smallest absolute Gasteiger partial charge is 0.247 e. The van der Waals surface area contributed by atoms with Crippen molar-refractivity contribution in [1.29, 1.82) is 0 Å². The Balaban J connectivity index is 1.74. The summed E-state index contributed by atoms with van der Waals surface area (Å²) in [5.41, 5.74) is 0.470. The first-order chi connectivity index (χ1) is 11.4. The van der Waals surface area contributed by atoms with Crippen LogP contribution < -0.4 is 5.32 Å². The first-order valence-electron chi connectivity index (χ1n) is 8.03. The van der Waals surface area contributed by atoms with Crippen LogP contribution in [0.2, 0.25) is 10.0 Å². The lowest BCUT2D eigenvalue weighted by Crippen LogP contribution is -2.46. The van der Waals surface area contributed by atoms with E-state index < -0.39 is 11.9 Å². The van der Waals surface area contributed by atoms with Crippen molar-refractivity contribution in [3.63, 3.8) is 0 Å². The number of rotatable bonds is 3. The number of carbonyl (C=O) groups is 3. The topological polar surface area (TPSA) is 66.5 Å². The predicted octanol–water partition coefficient (Wildman–Crippen LogP) is 3.50. The average Bonchev–Trinajstić information content (AvgIpc) is 2.82. The third-order valence-electron chi connectivity index (χ3n) is 4.83. The van der Waals surface area contributed by atoms with Gasteiger partial charge in [0.1, 0.15) is 6.04 Å². The van der Waals surface area contributed by atoms with Crippen LogP contribution >= 0.6 is 23.2 Å². The maximum atomic E-state index is 12.5. The molecule has 1 aliphatic carbocycles. The Morgan fingerprint density at radius 3 is 2.25 bits per heavy atom. The molecular formula is C17H18Cl2N2O3. The largest absolute Gasteiger partial charge is 0.324 e. The van der Waals surface area contributed by atoms with Crippen LogP contribution in [0, 0.1) is 11.8 Å². The van der Waals surface area contributed by atoms with Crippen LogP contribution in [0.15, 0.2) is 18.2 Å². The molecule has 3 atom stereocenters. The minimum absolute atomic E-state index is 0.221. The van der Waals surface area contributed by atoms with E-state index in [1.807, 2.05) is 0 Å². The molecular weight excluding hydrogens is 351 g/mol. The fraction of sp³-hybridized carbons (Fsp3) is 0.471. The van der Waals surface area contributed by atoms with E-state index >= 15 is 0 Å². The number of hydrogen-bond acceptors (Lipinski definition) is 3. The van der Waals surface area contributed by atoms with Gasteiger partial charge >= 0.3 is 0 Å². The summed E-state index contributed by atoms with van der Waals surface area (Å²) in [7, 11) is 0. The number of fused-ring (bicyclic) bond motifs is 1. The van der Waals surface area contributed by atoms with Gasteiger partial charge in [-0.3, -0.25) is 19.3 Å². The van der Waals surface area contributed by atoms with Crippen molar-refractivity contribution >= 4 is 46.6 Å². The minimum Gasteiger partial charge on any atom is -0.324 e. The molecule has 7 heteroatoms. The van der Waals surface area contributed by atoms with Crippen LogP contribution in [0.3, 0.4) is 0 Å².